The fourth-order valence-corrected chi connectivity index (χ4v) is 3.98. The molecule has 1 amide bonds. The van der Waals surface area contributed by atoms with Crippen molar-refractivity contribution in [3.05, 3.63) is 47.1 Å². The zero-order chi connectivity index (χ0) is 24.5. The molecule has 0 aromatic carbocycles. The lowest BCUT2D eigenvalue weighted by molar-refractivity contribution is -0.142. The zero-order valence-corrected chi connectivity index (χ0v) is 20.4. The number of nitrogens with one attached hydrogen (secondary N) is 1. The van der Waals surface area contributed by atoms with E-state index in [0.717, 1.165) is 12.0 Å². The summed E-state index contributed by atoms with van der Waals surface area (Å²) in [4.78, 5) is 40.6. The molecular weight excluding hydrogens is 433 g/mol. The van der Waals surface area contributed by atoms with Crippen molar-refractivity contribution in [1.29, 1.82) is 0 Å². The van der Waals surface area contributed by atoms with Gasteiger partial charge in [0.2, 0.25) is 5.91 Å². The summed E-state index contributed by atoms with van der Waals surface area (Å²) in [7, 11) is -4.82. The molecule has 2 atom stereocenters. The summed E-state index contributed by atoms with van der Waals surface area (Å²) >= 11 is 0. The van der Waals surface area contributed by atoms with Crippen LogP contribution in [-0.4, -0.2) is 39.4 Å². The van der Waals surface area contributed by atoms with Gasteiger partial charge in [-0.15, -0.1) is 0 Å². The predicted octanol–water partition coefficient (Wildman–Crippen LogP) is 4.28. The van der Waals surface area contributed by atoms with Crippen LogP contribution in [0.15, 0.2) is 47.1 Å². The lowest BCUT2D eigenvalue weighted by Crippen LogP contribution is -2.44. The number of aliphatic carboxylic acids is 1. The minimum Gasteiger partial charge on any atom is -0.480 e. The average Bonchev–Trinajstić information content (AvgIpc) is 2.63. The van der Waals surface area contributed by atoms with Gasteiger partial charge < -0.3 is 20.2 Å². The standard InChI is InChI=1S/C23H36NO7P/c1-16(11-12-19-18(3)10-7-13-23(19,4)5)8-6-9-17(2)14-21(25)24-20(22(26)27)15-31-32(28,29)30/h6,8-9,11-12,17,20H,7,10,13-15H2,1-5H3,(H,24,25)(H,26,27)(H2,28,29,30)/b9-6+,12-11+,16-8+. The molecule has 0 aliphatic heterocycles. The summed E-state index contributed by atoms with van der Waals surface area (Å²) < 4.78 is 14.9. The second kappa shape index (κ2) is 12.3. The number of hydrogen-bond donors (Lipinski definition) is 4. The van der Waals surface area contributed by atoms with Crippen molar-refractivity contribution in [3.8, 4) is 0 Å². The Balaban J connectivity index is 2.62. The molecule has 8 nitrogen and oxygen atoms in total. The largest absolute Gasteiger partial charge is 0.480 e. The molecule has 0 fully saturated rings. The molecule has 0 saturated carbocycles. The van der Waals surface area contributed by atoms with Gasteiger partial charge in [0.25, 0.3) is 0 Å². The van der Waals surface area contributed by atoms with Crippen LogP contribution in [-0.2, 0) is 18.7 Å². The lowest BCUT2D eigenvalue weighted by Gasteiger charge is -2.32. The van der Waals surface area contributed by atoms with Gasteiger partial charge in [0.15, 0.2) is 6.04 Å². The van der Waals surface area contributed by atoms with Crippen molar-refractivity contribution < 1.29 is 33.6 Å². The zero-order valence-electron chi connectivity index (χ0n) is 19.5. The van der Waals surface area contributed by atoms with Gasteiger partial charge in [-0.25, -0.2) is 9.36 Å². The number of amides is 1. The first-order chi connectivity index (χ1) is 14.7. The molecule has 1 rings (SSSR count). The molecule has 1 aliphatic carbocycles. The normalized spacial score (nSPS) is 19.4. The van der Waals surface area contributed by atoms with Gasteiger partial charge in [-0.2, -0.15) is 0 Å². The number of allylic oxidation sites excluding steroid dienone is 8. The van der Waals surface area contributed by atoms with Crippen LogP contribution in [0.4, 0.5) is 0 Å². The van der Waals surface area contributed by atoms with Crippen molar-refractivity contribution in [3.63, 3.8) is 0 Å². The van der Waals surface area contributed by atoms with Crippen LogP contribution in [0, 0.1) is 11.3 Å². The molecular formula is C23H36NO7P. The Morgan fingerprint density at radius 3 is 2.53 bits per heavy atom. The van der Waals surface area contributed by atoms with Crippen molar-refractivity contribution in [2.45, 2.75) is 66.3 Å². The van der Waals surface area contributed by atoms with E-state index >= 15 is 0 Å². The number of hydrogen-bond acceptors (Lipinski definition) is 4. The highest BCUT2D eigenvalue weighted by Gasteiger charge is 2.27. The maximum absolute atomic E-state index is 12.1. The number of carboxylic acids is 1. The van der Waals surface area contributed by atoms with E-state index in [1.807, 2.05) is 32.1 Å². The van der Waals surface area contributed by atoms with E-state index in [2.05, 4.69) is 42.8 Å². The quantitative estimate of drug-likeness (QED) is 0.262. The van der Waals surface area contributed by atoms with E-state index in [0.29, 0.717) is 0 Å². The first-order valence-electron chi connectivity index (χ1n) is 10.7. The number of phosphoric ester groups is 1. The van der Waals surface area contributed by atoms with Crippen LogP contribution in [0.1, 0.15) is 60.3 Å². The topological polar surface area (TPSA) is 133 Å². The second-order valence-electron chi connectivity index (χ2n) is 8.99. The van der Waals surface area contributed by atoms with Crippen LogP contribution < -0.4 is 5.32 Å². The first kappa shape index (κ1) is 28.0. The number of carboxylic acid groups (broad SMARTS) is 1. The highest BCUT2D eigenvalue weighted by atomic mass is 31.2. The fraction of sp³-hybridized carbons (Fsp3) is 0.565. The Morgan fingerprint density at radius 2 is 1.97 bits per heavy atom. The second-order valence-corrected chi connectivity index (χ2v) is 10.2. The van der Waals surface area contributed by atoms with Crippen LogP contribution in [0.3, 0.4) is 0 Å². The Hall–Kier alpha value is -1.99. The minimum atomic E-state index is -4.82. The number of rotatable bonds is 11. The van der Waals surface area contributed by atoms with Crippen molar-refractivity contribution in [2.24, 2.45) is 11.3 Å². The summed E-state index contributed by atoms with van der Waals surface area (Å²) in [5, 5.41) is 11.3. The van der Waals surface area contributed by atoms with Gasteiger partial charge in [0.05, 0.1) is 6.61 Å². The highest BCUT2D eigenvalue weighted by molar-refractivity contribution is 7.46. The summed E-state index contributed by atoms with van der Waals surface area (Å²) in [6.07, 6.45) is 13.5. The third kappa shape index (κ3) is 10.6. The number of carbonyl (C=O) groups excluding carboxylic acids is 1. The summed E-state index contributed by atoms with van der Waals surface area (Å²) in [6, 6.07) is -1.54. The molecule has 0 radical (unpaired) electrons. The smallest absolute Gasteiger partial charge is 0.469 e. The molecule has 0 spiro atoms. The van der Waals surface area contributed by atoms with Crippen LogP contribution in [0.25, 0.3) is 0 Å². The van der Waals surface area contributed by atoms with Gasteiger partial charge in [-0.1, -0.05) is 62.3 Å². The van der Waals surface area contributed by atoms with Crippen molar-refractivity contribution in [1.82, 2.24) is 5.32 Å². The maximum Gasteiger partial charge on any atom is 0.469 e. The lowest BCUT2D eigenvalue weighted by atomic mass is 9.72. The van der Waals surface area contributed by atoms with E-state index in [1.165, 1.54) is 24.0 Å². The summed E-state index contributed by atoms with van der Waals surface area (Å²) in [5.41, 5.74) is 4.08. The van der Waals surface area contributed by atoms with Crippen molar-refractivity contribution in [2.75, 3.05) is 6.61 Å². The van der Waals surface area contributed by atoms with Gasteiger partial charge in [-0.3, -0.25) is 9.32 Å². The Bertz CT molecular complexity index is 848. The molecule has 1 aliphatic rings. The Morgan fingerprint density at radius 1 is 1.31 bits per heavy atom. The van der Waals surface area contributed by atoms with E-state index in [1.54, 1.807) is 0 Å². The van der Waals surface area contributed by atoms with Gasteiger partial charge in [0.1, 0.15) is 0 Å². The van der Waals surface area contributed by atoms with Crippen LogP contribution in [0.5, 0.6) is 0 Å². The molecule has 0 saturated heterocycles. The van der Waals surface area contributed by atoms with Crippen LogP contribution >= 0.6 is 7.82 Å². The average molecular weight is 470 g/mol. The van der Waals surface area contributed by atoms with E-state index < -0.39 is 32.3 Å². The van der Waals surface area contributed by atoms with E-state index in [4.69, 9.17) is 14.9 Å². The van der Waals surface area contributed by atoms with Crippen LogP contribution in [0.2, 0.25) is 0 Å². The van der Waals surface area contributed by atoms with Gasteiger partial charge in [0, 0.05) is 6.42 Å². The predicted molar refractivity (Wildman–Crippen MR) is 124 cm³/mol. The summed E-state index contributed by atoms with van der Waals surface area (Å²) in [6.45, 7) is 9.73. The molecule has 0 aromatic heterocycles. The third-order valence-electron chi connectivity index (χ3n) is 5.40. The molecule has 32 heavy (non-hydrogen) atoms. The highest BCUT2D eigenvalue weighted by Crippen LogP contribution is 2.40. The Kier molecular flexibility index (Phi) is 10.8. The van der Waals surface area contributed by atoms with Gasteiger partial charge >= 0.3 is 13.8 Å². The molecule has 180 valence electrons. The molecule has 0 heterocycles. The molecule has 0 bridgehead atoms. The molecule has 9 heteroatoms. The number of carbonyl (C=O) groups is 2. The van der Waals surface area contributed by atoms with Crippen molar-refractivity contribution >= 4 is 19.7 Å². The molecule has 2 unspecified atom stereocenters. The fourth-order valence-electron chi connectivity index (χ4n) is 3.64. The third-order valence-corrected chi connectivity index (χ3v) is 5.89. The maximum atomic E-state index is 12.1. The SMILES string of the molecule is CC1=C(/C=C/C(C)=C/C=C/C(C)CC(=O)NC(COP(=O)(O)O)C(=O)O)C(C)(C)CCC1. The monoisotopic (exact) mass is 469 g/mol. The molecule has 0 aromatic rings. The molecule has 4 N–H and O–H groups in total. The van der Waals surface area contributed by atoms with E-state index in [9.17, 15) is 14.2 Å². The van der Waals surface area contributed by atoms with Gasteiger partial charge in [-0.05, 0) is 50.0 Å². The number of phosphoric acid groups is 1. The Labute approximate surface area is 190 Å². The van der Waals surface area contributed by atoms with E-state index in [-0.39, 0.29) is 17.8 Å². The minimum absolute atomic E-state index is 0.0270. The summed E-state index contributed by atoms with van der Waals surface area (Å²) in [5.74, 6) is -2.15. The first-order valence-corrected chi connectivity index (χ1v) is 12.2.